The second-order valence-corrected chi connectivity index (χ2v) is 9.89. The zero-order chi connectivity index (χ0) is 24.4. The van der Waals surface area contributed by atoms with E-state index in [9.17, 15) is 19.1 Å². The first-order valence-corrected chi connectivity index (χ1v) is 12.5. The monoisotopic (exact) mass is 503 g/mol. The quantitative estimate of drug-likeness (QED) is 0.121. The van der Waals surface area contributed by atoms with Crippen molar-refractivity contribution in [3.8, 4) is 0 Å². The van der Waals surface area contributed by atoms with Crippen molar-refractivity contribution in [2.45, 2.75) is 16.1 Å². The molecule has 0 bridgehead atoms. The van der Waals surface area contributed by atoms with Crippen LogP contribution in [0, 0.1) is 5.82 Å². The Morgan fingerprint density at radius 3 is 2.29 bits per heavy atom. The number of ketones is 1. The summed E-state index contributed by atoms with van der Waals surface area (Å²) >= 11 is 2.58. The maximum atomic E-state index is 13.2. The van der Waals surface area contributed by atoms with Crippen LogP contribution in [0.4, 0.5) is 9.52 Å². The van der Waals surface area contributed by atoms with Gasteiger partial charge in [0.05, 0.1) is 11.6 Å². The van der Waals surface area contributed by atoms with Gasteiger partial charge in [0.25, 0.3) is 5.78 Å². The smallest absolute Gasteiger partial charge is 0.301 e. The highest BCUT2D eigenvalue weighted by atomic mass is 32.2. The number of Topliss-reactive ketones (excluding diaryl/α,β-unsaturated/α-hetero) is 1. The van der Waals surface area contributed by atoms with Crippen LogP contribution >= 0.6 is 23.1 Å². The lowest BCUT2D eigenvalue weighted by molar-refractivity contribution is -0.132. The highest BCUT2D eigenvalue weighted by molar-refractivity contribution is 8.00. The predicted molar refractivity (Wildman–Crippen MR) is 134 cm³/mol. The first kappa shape index (κ1) is 22.9. The largest absolute Gasteiger partial charge is 0.507 e. The number of aliphatic hydroxyl groups excluding tert-OH is 1. The van der Waals surface area contributed by atoms with Gasteiger partial charge in [0, 0.05) is 11.3 Å². The van der Waals surface area contributed by atoms with Crippen molar-refractivity contribution < 1.29 is 19.1 Å². The summed E-state index contributed by atoms with van der Waals surface area (Å²) < 4.78 is 13.8. The van der Waals surface area contributed by atoms with Crippen LogP contribution in [0.1, 0.15) is 22.7 Å². The average molecular weight is 504 g/mol. The average Bonchev–Trinajstić information content (AvgIpc) is 3.46. The molecule has 1 unspecified atom stereocenters. The number of anilines is 1. The van der Waals surface area contributed by atoms with Gasteiger partial charge in [-0.3, -0.25) is 14.5 Å². The van der Waals surface area contributed by atoms with E-state index in [0.717, 1.165) is 5.56 Å². The highest BCUT2D eigenvalue weighted by Crippen LogP contribution is 2.43. The second kappa shape index (κ2) is 9.81. The number of benzene rings is 3. The summed E-state index contributed by atoms with van der Waals surface area (Å²) in [6.07, 6.45) is 0. The van der Waals surface area contributed by atoms with Crippen LogP contribution in [0.5, 0.6) is 0 Å². The Morgan fingerprint density at radius 2 is 1.60 bits per heavy atom. The predicted octanol–water partition coefficient (Wildman–Crippen LogP) is 5.60. The van der Waals surface area contributed by atoms with E-state index in [2.05, 4.69) is 10.2 Å². The maximum absolute atomic E-state index is 13.2. The van der Waals surface area contributed by atoms with Gasteiger partial charge in [-0.15, -0.1) is 10.2 Å². The molecule has 3 aromatic carbocycles. The zero-order valence-corrected chi connectivity index (χ0v) is 19.8. The van der Waals surface area contributed by atoms with E-state index in [4.69, 9.17) is 0 Å². The molecule has 4 aromatic rings. The van der Waals surface area contributed by atoms with E-state index >= 15 is 0 Å². The number of halogens is 1. The number of rotatable bonds is 6. The van der Waals surface area contributed by atoms with Gasteiger partial charge in [0.15, 0.2) is 4.34 Å². The molecule has 0 spiro atoms. The lowest BCUT2D eigenvalue weighted by Crippen LogP contribution is -2.29. The number of thioether (sulfide) groups is 1. The standard InChI is InChI=1S/C26H18FN3O3S2/c27-19-13-11-16(12-14-19)15-34-26-29-28-25(35-26)30-21(17-7-3-1-4-8-17)20(23(32)24(30)33)22(31)18-9-5-2-6-10-18/h1-14,21,31H,15H2/b22-20-. The Labute approximate surface area is 208 Å². The van der Waals surface area contributed by atoms with Crippen LogP contribution in [-0.2, 0) is 15.3 Å². The van der Waals surface area contributed by atoms with Gasteiger partial charge in [-0.1, -0.05) is 95.9 Å². The third kappa shape index (κ3) is 4.60. The molecule has 0 saturated carbocycles. The molecule has 1 N–H and O–H groups in total. The molecule has 35 heavy (non-hydrogen) atoms. The second-order valence-electron chi connectivity index (χ2n) is 7.71. The van der Waals surface area contributed by atoms with Gasteiger partial charge in [-0.05, 0) is 23.3 Å². The minimum absolute atomic E-state index is 0.00288. The van der Waals surface area contributed by atoms with Crippen molar-refractivity contribution in [2.75, 3.05) is 4.90 Å². The third-order valence-electron chi connectivity index (χ3n) is 5.48. The zero-order valence-electron chi connectivity index (χ0n) is 18.2. The molecule has 0 aliphatic carbocycles. The molecular weight excluding hydrogens is 485 g/mol. The van der Waals surface area contributed by atoms with E-state index in [1.54, 1.807) is 54.6 Å². The fraction of sp³-hybridized carbons (Fsp3) is 0.0769. The van der Waals surface area contributed by atoms with Gasteiger partial charge in [-0.2, -0.15) is 0 Å². The Bertz CT molecular complexity index is 1410. The van der Waals surface area contributed by atoms with Crippen molar-refractivity contribution >= 4 is 45.7 Å². The molecule has 2 heterocycles. The number of amides is 1. The molecule has 1 aliphatic rings. The lowest BCUT2D eigenvalue weighted by Gasteiger charge is -2.22. The summed E-state index contributed by atoms with van der Waals surface area (Å²) in [5, 5.41) is 19.7. The first-order chi connectivity index (χ1) is 17.0. The molecule has 0 radical (unpaired) electrons. The van der Waals surface area contributed by atoms with Crippen LogP contribution in [0.3, 0.4) is 0 Å². The maximum Gasteiger partial charge on any atom is 0.301 e. The molecule has 1 amide bonds. The molecule has 9 heteroatoms. The normalized spacial score (nSPS) is 17.2. The molecule has 1 fully saturated rings. The fourth-order valence-corrected chi connectivity index (χ4v) is 5.64. The number of aliphatic hydroxyl groups is 1. The van der Waals surface area contributed by atoms with E-state index < -0.39 is 17.7 Å². The van der Waals surface area contributed by atoms with Crippen LogP contribution in [0.25, 0.3) is 5.76 Å². The molecule has 6 nitrogen and oxygen atoms in total. The van der Waals surface area contributed by atoms with Gasteiger partial charge < -0.3 is 5.11 Å². The highest BCUT2D eigenvalue weighted by Gasteiger charge is 2.48. The van der Waals surface area contributed by atoms with Crippen LogP contribution in [0.15, 0.2) is 94.8 Å². The Kier molecular flexibility index (Phi) is 6.43. The topological polar surface area (TPSA) is 83.4 Å². The molecule has 5 rings (SSSR count). The number of hydrogen-bond acceptors (Lipinski definition) is 7. The number of nitrogens with zero attached hydrogens (tertiary/aromatic N) is 3. The van der Waals surface area contributed by atoms with Crippen molar-refractivity contribution in [3.05, 3.63) is 113 Å². The molecule has 1 aromatic heterocycles. The van der Waals surface area contributed by atoms with Crippen LogP contribution < -0.4 is 4.90 Å². The summed E-state index contributed by atoms with van der Waals surface area (Å²) in [6.45, 7) is 0. The summed E-state index contributed by atoms with van der Waals surface area (Å²) in [6, 6.07) is 23.0. The third-order valence-corrected chi connectivity index (χ3v) is 7.61. The lowest BCUT2D eigenvalue weighted by atomic mass is 9.95. The minimum Gasteiger partial charge on any atom is -0.507 e. The van der Waals surface area contributed by atoms with Crippen molar-refractivity contribution in [1.29, 1.82) is 0 Å². The summed E-state index contributed by atoms with van der Waals surface area (Å²) in [5.41, 5.74) is 2.03. The Balaban J connectivity index is 1.51. The number of aromatic nitrogens is 2. The van der Waals surface area contributed by atoms with E-state index in [-0.39, 0.29) is 22.3 Å². The van der Waals surface area contributed by atoms with Gasteiger partial charge >= 0.3 is 5.91 Å². The van der Waals surface area contributed by atoms with Crippen LogP contribution in [-0.4, -0.2) is 27.0 Å². The molecule has 174 valence electrons. The fourth-order valence-electron chi connectivity index (χ4n) is 3.82. The van der Waals surface area contributed by atoms with Crippen molar-refractivity contribution in [3.63, 3.8) is 0 Å². The Morgan fingerprint density at radius 1 is 0.943 bits per heavy atom. The van der Waals surface area contributed by atoms with Gasteiger partial charge in [0.1, 0.15) is 11.6 Å². The summed E-state index contributed by atoms with van der Waals surface area (Å²) in [4.78, 5) is 27.6. The number of carbonyl (C=O) groups excluding carboxylic acids is 2. The SMILES string of the molecule is O=C1C(=O)N(c2nnc(SCc3ccc(F)cc3)s2)C(c2ccccc2)/C1=C(/O)c1ccccc1. The van der Waals surface area contributed by atoms with Gasteiger partial charge in [-0.25, -0.2) is 4.39 Å². The van der Waals surface area contributed by atoms with E-state index in [1.165, 1.54) is 40.1 Å². The molecular formula is C26H18FN3O3S2. The van der Waals surface area contributed by atoms with Gasteiger partial charge in [0.2, 0.25) is 5.13 Å². The number of hydrogen-bond donors (Lipinski definition) is 1. The van der Waals surface area contributed by atoms with Crippen molar-refractivity contribution in [2.24, 2.45) is 0 Å². The summed E-state index contributed by atoms with van der Waals surface area (Å²) in [7, 11) is 0. The van der Waals surface area contributed by atoms with E-state index in [0.29, 0.717) is 21.2 Å². The Hall–Kier alpha value is -3.82. The van der Waals surface area contributed by atoms with E-state index in [1.807, 2.05) is 18.2 Å². The van der Waals surface area contributed by atoms with Crippen molar-refractivity contribution in [1.82, 2.24) is 10.2 Å². The summed E-state index contributed by atoms with van der Waals surface area (Å²) in [5.74, 6) is -1.55. The number of carbonyl (C=O) groups is 2. The first-order valence-electron chi connectivity index (χ1n) is 10.6. The molecule has 1 aliphatic heterocycles. The minimum atomic E-state index is -0.848. The molecule has 1 atom stereocenters. The van der Waals surface area contributed by atoms with Crippen LogP contribution in [0.2, 0.25) is 0 Å². The molecule has 1 saturated heterocycles.